The first-order valence-electron chi connectivity index (χ1n) is 3.63. The Morgan fingerprint density at radius 1 is 1.38 bits per heavy atom. The van der Waals surface area contributed by atoms with Crippen LogP contribution in [-0.4, -0.2) is 4.98 Å². The molecule has 1 heterocycles. The van der Waals surface area contributed by atoms with Gasteiger partial charge < -0.3 is 0 Å². The molecule has 0 N–H and O–H groups in total. The molecular weight excluding hydrogens is 253 g/mol. The van der Waals surface area contributed by atoms with Crippen molar-refractivity contribution < 1.29 is 4.39 Å². The van der Waals surface area contributed by atoms with Crippen molar-refractivity contribution in [1.82, 2.24) is 4.98 Å². The summed E-state index contributed by atoms with van der Waals surface area (Å²) >= 11 is 4.74. The summed E-state index contributed by atoms with van der Waals surface area (Å²) in [4.78, 5) is 4.19. The number of halogens is 2. The van der Waals surface area contributed by atoms with Gasteiger partial charge >= 0.3 is 0 Å². The largest absolute Gasteiger partial charge is 0.229 e. The maximum Gasteiger partial charge on any atom is 0.124 e. The lowest BCUT2D eigenvalue weighted by Crippen LogP contribution is -1.77. The first-order valence-corrected chi connectivity index (χ1v) is 5.30. The summed E-state index contributed by atoms with van der Waals surface area (Å²) in [5, 5.41) is 2.70. The van der Waals surface area contributed by atoms with Gasteiger partial charge in [-0.05, 0) is 28.1 Å². The van der Waals surface area contributed by atoms with Crippen LogP contribution in [0.15, 0.2) is 34.2 Å². The van der Waals surface area contributed by atoms with Gasteiger partial charge in [0.05, 0.1) is 0 Å². The molecule has 0 amide bonds. The molecule has 2 rings (SSSR count). The molecule has 1 aromatic carbocycles. The molecule has 0 aliphatic carbocycles. The summed E-state index contributed by atoms with van der Waals surface area (Å²) in [5.74, 6) is -0.233. The zero-order chi connectivity index (χ0) is 9.26. The number of hydrogen-bond acceptors (Lipinski definition) is 2. The zero-order valence-corrected chi connectivity index (χ0v) is 8.90. The highest BCUT2D eigenvalue weighted by molar-refractivity contribution is 9.10. The van der Waals surface area contributed by atoms with Crippen molar-refractivity contribution in [1.29, 1.82) is 0 Å². The standard InChI is InChI=1S/C9H5BrFNS/c10-8-5-13-9(12-8)6-2-1-3-7(11)4-6/h1-5H. The fraction of sp³-hybridized carbons (Fsp3) is 0. The molecule has 2 aromatic rings. The van der Waals surface area contributed by atoms with E-state index >= 15 is 0 Å². The predicted octanol–water partition coefficient (Wildman–Crippen LogP) is 3.71. The molecule has 0 bridgehead atoms. The molecule has 0 saturated carbocycles. The number of thiazole rings is 1. The van der Waals surface area contributed by atoms with E-state index in [1.807, 2.05) is 11.4 Å². The molecule has 66 valence electrons. The third-order valence-corrected chi connectivity index (χ3v) is 3.15. The average Bonchev–Trinajstić information content (AvgIpc) is 2.52. The second-order valence-electron chi connectivity index (χ2n) is 2.49. The number of aromatic nitrogens is 1. The van der Waals surface area contributed by atoms with Crippen LogP contribution in [-0.2, 0) is 0 Å². The van der Waals surface area contributed by atoms with E-state index in [0.717, 1.165) is 15.2 Å². The molecule has 0 unspecified atom stereocenters. The van der Waals surface area contributed by atoms with E-state index in [4.69, 9.17) is 0 Å². The highest BCUT2D eigenvalue weighted by Crippen LogP contribution is 2.26. The minimum absolute atomic E-state index is 0.233. The van der Waals surface area contributed by atoms with E-state index in [9.17, 15) is 4.39 Å². The van der Waals surface area contributed by atoms with Crippen LogP contribution in [0, 0.1) is 5.82 Å². The normalized spacial score (nSPS) is 10.3. The van der Waals surface area contributed by atoms with Crippen LogP contribution in [0.1, 0.15) is 0 Å². The van der Waals surface area contributed by atoms with Crippen molar-refractivity contribution >= 4 is 27.3 Å². The first kappa shape index (κ1) is 8.84. The van der Waals surface area contributed by atoms with E-state index in [0.29, 0.717) is 0 Å². The van der Waals surface area contributed by atoms with Crippen LogP contribution >= 0.6 is 27.3 Å². The molecule has 0 aliphatic rings. The van der Waals surface area contributed by atoms with Gasteiger partial charge in [-0.25, -0.2) is 9.37 Å². The van der Waals surface area contributed by atoms with Gasteiger partial charge in [-0.2, -0.15) is 0 Å². The van der Waals surface area contributed by atoms with Crippen LogP contribution < -0.4 is 0 Å². The minimum Gasteiger partial charge on any atom is -0.229 e. The van der Waals surface area contributed by atoms with Crippen molar-refractivity contribution in [2.75, 3.05) is 0 Å². The van der Waals surface area contributed by atoms with E-state index in [1.54, 1.807) is 6.07 Å². The molecular formula is C9H5BrFNS. The summed E-state index contributed by atoms with van der Waals surface area (Å²) in [6, 6.07) is 6.42. The number of benzene rings is 1. The Morgan fingerprint density at radius 3 is 2.85 bits per heavy atom. The second-order valence-corrected chi connectivity index (χ2v) is 4.16. The zero-order valence-electron chi connectivity index (χ0n) is 6.50. The number of rotatable bonds is 1. The van der Waals surface area contributed by atoms with Crippen molar-refractivity contribution in [3.63, 3.8) is 0 Å². The number of hydrogen-bond donors (Lipinski definition) is 0. The van der Waals surface area contributed by atoms with Gasteiger partial charge in [0.1, 0.15) is 15.4 Å². The third-order valence-electron chi connectivity index (χ3n) is 1.55. The monoisotopic (exact) mass is 257 g/mol. The number of nitrogens with zero attached hydrogens (tertiary/aromatic N) is 1. The Morgan fingerprint density at radius 2 is 2.23 bits per heavy atom. The fourth-order valence-electron chi connectivity index (χ4n) is 1.01. The van der Waals surface area contributed by atoms with Crippen molar-refractivity contribution in [2.45, 2.75) is 0 Å². The van der Waals surface area contributed by atoms with Gasteiger partial charge in [0, 0.05) is 10.9 Å². The predicted molar refractivity (Wildman–Crippen MR) is 55.2 cm³/mol. The van der Waals surface area contributed by atoms with Crippen molar-refractivity contribution in [3.8, 4) is 10.6 Å². The molecule has 13 heavy (non-hydrogen) atoms. The quantitative estimate of drug-likeness (QED) is 0.759. The molecule has 0 spiro atoms. The Balaban J connectivity index is 2.46. The Labute approximate surface area is 87.4 Å². The van der Waals surface area contributed by atoms with Crippen molar-refractivity contribution in [2.24, 2.45) is 0 Å². The lowest BCUT2D eigenvalue weighted by Gasteiger charge is -1.94. The Bertz CT molecular complexity index is 427. The maximum atomic E-state index is 12.8. The lowest BCUT2D eigenvalue weighted by molar-refractivity contribution is 0.628. The van der Waals surface area contributed by atoms with Crippen LogP contribution in [0.5, 0.6) is 0 Å². The minimum atomic E-state index is -0.233. The maximum absolute atomic E-state index is 12.8. The Hall–Kier alpha value is -0.740. The first-order chi connectivity index (χ1) is 6.25. The highest BCUT2D eigenvalue weighted by Gasteiger charge is 2.03. The van der Waals surface area contributed by atoms with Gasteiger partial charge in [0.2, 0.25) is 0 Å². The van der Waals surface area contributed by atoms with E-state index in [1.165, 1.54) is 23.5 Å². The van der Waals surface area contributed by atoms with Gasteiger partial charge in [-0.1, -0.05) is 12.1 Å². The molecule has 0 saturated heterocycles. The SMILES string of the molecule is Fc1cccc(-c2nc(Br)cs2)c1. The molecule has 0 aliphatic heterocycles. The highest BCUT2D eigenvalue weighted by atomic mass is 79.9. The molecule has 0 fully saturated rings. The molecule has 0 radical (unpaired) electrons. The topological polar surface area (TPSA) is 12.9 Å². The van der Waals surface area contributed by atoms with Crippen LogP contribution in [0.3, 0.4) is 0 Å². The van der Waals surface area contributed by atoms with Crippen LogP contribution in [0.2, 0.25) is 0 Å². The molecule has 1 aromatic heterocycles. The van der Waals surface area contributed by atoms with Gasteiger partial charge in [-0.15, -0.1) is 11.3 Å². The molecule has 4 heteroatoms. The smallest absolute Gasteiger partial charge is 0.124 e. The van der Waals surface area contributed by atoms with Gasteiger partial charge in [0.15, 0.2) is 0 Å². The van der Waals surface area contributed by atoms with Gasteiger partial charge in [-0.3, -0.25) is 0 Å². The van der Waals surface area contributed by atoms with E-state index < -0.39 is 0 Å². The summed E-state index contributed by atoms with van der Waals surface area (Å²) < 4.78 is 13.6. The average molecular weight is 258 g/mol. The van der Waals surface area contributed by atoms with E-state index in [-0.39, 0.29) is 5.82 Å². The molecule has 1 nitrogen and oxygen atoms in total. The summed E-state index contributed by atoms with van der Waals surface area (Å²) in [7, 11) is 0. The summed E-state index contributed by atoms with van der Waals surface area (Å²) in [6.45, 7) is 0. The third kappa shape index (κ3) is 1.95. The van der Waals surface area contributed by atoms with Crippen LogP contribution in [0.4, 0.5) is 4.39 Å². The summed E-state index contributed by atoms with van der Waals surface area (Å²) in [6.07, 6.45) is 0. The van der Waals surface area contributed by atoms with Crippen molar-refractivity contribution in [3.05, 3.63) is 40.1 Å². The summed E-state index contributed by atoms with van der Waals surface area (Å²) in [5.41, 5.74) is 0.815. The van der Waals surface area contributed by atoms with Gasteiger partial charge in [0.25, 0.3) is 0 Å². The fourth-order valence-corrected chi connectivity index (χ4v) is 2.26. The van der Waals surface area contributed by atoms with Crippen LogP contribution in [0.25, 0.3) is 10.6 Å². The second kappa shape index (κ2) is 3.55. The Kier molecular flexibility index (Phi) is 2.42. The lowest BCUT2D eigenvalue weighted by atomic mass is 10.2. The van der Waals surface area contributed by atoms with E-state index in [2.05, 4.69) is 20.9 Å². The molecule has 0 atom stereocenters.